The molecular weight excluding hydrogens is 256 g/mol. The smallest absolute Gasteiger partial charge is 0.138 e. The predicted molar refractivity (Wildman–Crippen MR) is 73.5 cm³/mol. The highest BCUT2D eigenvalue weighted by atomic mass is 16.6. The van der Waals surface area contributed by atoms with Gasteiger partial charge in [0.05, 0.1) is 12.7 Å². The Bertz CT molecular complexity index is 627. The van der Waals surface area contributed by atoms with Crippen LogP contribution in [-0.2, 0) is 4.74 Å². The maximum absolute atomic E-state index is 6.08. The molecule has 4 rings (SSSR count). The van der Waals surface area contributed by atoms with E-state index in [0.29, 0.717) is 6.04 Å². The molecule has 2 saturated heterocycles. The molecule has 0 amide bonds. The molecule has 1 aromatic carbocycles. The molecule has 106 valence electrons. The number of hydrogen-bond donors (Lipinski definition) is 1. The van der Waals surface area contributed by atoms with Crippen LogP contribution in [0.1, 0.15) is 17.2 Å². The maximum atomic E-state index is 6.08. The Balaban J connectivity index is 1.64. The molecule has 0 radical (unpaired) electrons. The van der Waals surface area contributed by atoms with E-state index in [-0.39, 0.29) is 6.10 Å². The van der Waals surface area contributed by atoms with Crippen LogP contribution in [0, 0.1) is 6.92 Å². The summed E-state index contributed by atoms with van der Waals surface area (Å²) in [5.74, 6) is 0. The Hall–Kier alpha value is -1.50. The van der Waals surface area contributed by atoms with E-state index in [2.05, 4.69) is 33.5 Å². The molecule has 0 bridgehead atoms. The molecule has 3 heterocycles. The van der Waals surface area contributed by atoms with Crippen molar-refractivity contribution in [1.82, 2.24) is 20.5 Å². The van der Waals surface area contributed by atoms with Gasteiger partial charge in [0.15, 0.2) is 0 Å². The molecule has 1 N–H and O–H groups in total. The number of nitrogens with zero attached hydrogens (tertiary/aromatic N) is 3. The van der Waals surface area contributed by atoms with Gasteiger partial charge in [-0.05, 0) is 34.4 Å². The second kappa shape index (κ2) is 4.80. The van der Waals surface area contributed by atoms with Crippen molar-refractivity contribution in [2.75, 3.05) is 32.8 Å². The fourth-order valence-electron chi connectivity index (χ4n) is 3.23. The number of aryl methyl sites for hydroxylation is 1. The van der Waals surface area contributed by atoms with Crippen molar-refractivity contribution in [1.29, 1.82) is 0 Å². The summed E-state index contributed by atoms with van der Waals surface area (Å²) in [6.45, 7) is 6.98. The van der Waals surface area contributed by atoms with Gasteiger partial charge >= 0.3 is 0 Å². The zero-order valence-corrected chi connectivity index (χ0v) is 11.5. The molecule has 0 aliphatic carbocycles. The van der Waals surface area contributed by atoms with Crippen molar-refractivity contribution in [3.8, 4) is 0 Å². The highest BCUT2D eigenvalue weighted by Crippen LogP contribution is 2.30. The van der Waals surface area contributed by atoms with E-state index in [1.807, 2.05) is 6.07 Å². The van der Waals surface area contributed by atoms with E-state index >= 15 is 0 Å². The van der Waals surface area contributed by atoms with Gasteiger partial charge in [-0.3, -0.25) is 4.90 Å². The van der Waals surface area contributed by atoms with E-state index in [1.54, 1.807) is 0 Å². The first-order chi connectivity index (χ1) is 9.83. The zero-order valence-electron chi connectivity index (χ0n) is 11.5. The summed E-state index contributed by atoms with van der Waals surface area (Å²) < 4.78 is 10.9. The van der Waals surface area contributed by atoms with Gasteiger partial charge in [0.2, 0.25) is 0 Å². The molecule has 6 heteroatoms. The SMILES string of the molecule is Cc1c([C@@H]2CN3CCNC[C@H]3CO2)ccc2nonc12. The van der Waals surface area contributed by atoms with Crippen molar-refractivity contribution in [3.05, 3.63) is 23.3 Å². The lowest BCUT2D eigenvalue weighted by atomic mass is 9.99. The number of fused-ring (bicyclic) bond motifs is 2. The lowest BCUT2D eigenvalue weighted by molar-refractivity contribution is -0.0719. The van der Waals surface area contributed by atoms with Crippen LogP contribution in [0.2, 0.25) is 0 Å². The third-order valence-electron chi connectivity index (χ3n) is 4.43. The monoisotopic (exact) mass is 274 g/mol. The number of nitrogens with one attached hydrogen (secondary N) is 1. The van der Waals surface area contributed by atoms with E-state index < -0.39 is 0 Å². The number of hydrogen-bond acceptors (Lipinski definition) is 6. The molecule has 20 heavy (non-hydrogen) atoms. The fraction of sp³-hybridized carbons (Fsp3) is 0.571. The largest absolute Gasteiger partial charge is 0.370 e. The number of aromatic nitrogens is 2. The minimum atomic E-state index is 0.116. The molecule has 2 aromatic rings. The van der Waals surface area contributed by atoms with Gasteiger partial charge in [0.25, 0.3) is 0 Å². The summed E-state index contributed by atoms with van der Waals surface area (Å²) in [6.07, 6.45) is 0.116. The Morgan fingerprint density at radius 1 is 1.35 bits per heavy atom. The average Bonchev–Trinajstić information content (AvgIpc) is 2.97. The molecular formula is C14H18N4O2. The van der Waals surface area contributed by atoms with E-state index in [1.165, 1.54) is 5.56 Å². The quantitative estimate of drug-likeness (QED) is 0.833. The minimum Gasteiger partial charge on any atom is -0.370 e. The summed E-state index contributed by atoms with van der Waals surface area (Å²) in [6, 6.07) is 4.56. The molecule has 0 saturated carbocycles. The Morgan fingerprint density at radius 3 is 3.25 bits per heavy atom. The molecule has 2 aliphatic heterocycles. The van der Waals surface area contributed by atoms with Crippen LogP contribution in [-0.4, -0.2) is 54.0 Å². The molecule has 2 atom stereocenters. The highest BCUT2D eigenvalue weighted by Gasteiger charge is 2.32. The van der Waals surface area contributed by atoms with Gasteiger partial charge in [-0.1, -0.05) is 6.07 Å². The third-order valence-corrected chi connectivity index (χ3v) is 4.43. The zero-order chi connectivity index (χ0) is 13.5. The van der Waals surface area contributed by atoms with Crippen molar-refractivity contribution in [2.45, 2.75) is 19.1 Å². The number of morpholine rings is 1. The standard InChI is InChI=1S/C14H18N4O2/c1-9-11(2-3-12-14(9)17-20-16-12)13-7-18-5-4-15-6-10(18)8-19-13/h2-3,10,13,15H,4-8H2,1H3/t10-,13-/m0/s1. The second-order valence-electron chi connectivity index (χ2n) is 5.59. The van der Waals surface area contributed by atoms with Gasteiger partial charge in [0, 0.05) is 32.2 Å². The van der Waals surface area contributed by atoms with Crippen LogP contribution in [0.4, 0.5) is 0 Å². The normalized spacial score (nSPS) is 27.6. The first-order valence-electron chi connectivity index (χ1n) is 7.11. The van der Waals surface area contributed by atoms with Crippen molar-refractivity contribution >= 4 is 11.0 Å². The summed E-state index contributed by atoms with van der Waals surface area (Å²) in [5, 5.41) is 11.3. The average molecular weight is 274 g/mol. The molecule has 2 fully saturated rings. The fourth-order valence-corrected chi connectivity index (χ4v) is 3.23. The van der Waals surface area contributed by atoms with Gasteiger partial charge in [-0.15, -0.1) is 0 Å². The number of ether oxygens (including phenoxy) is 1. The number of benzene rings is 1. The third kappa shape index (κ3) is 1.91. The predicted octanol–water partition coefficient (Wildman–Crippen LogP) is 0.876. The number of rotatable bonds is 1. The van der Waals surface area contributed by atoms with Crippen LogP contribution >= 0.6 is 0 Å². The van der Waals surface area contributed by atoms with Gasteiger partial charge in [-0.25, -0.2) is 4.63 Å². The van der Waals surface area contributed by atoms with Crippen LogP contribution < -0.4 is 5.32 Å². The van der Waals surface area contributed by atoms with Crippen molar-refractivity contribution in [2.24, 2.45) is 0 Å². The van der Waals surface area contributed by atoms with Crippen LogP contribution in [0.25, 0.3) is 11.0 Å². The lowest BCUT2D eigenvalue weighted by Gasteiger charge is -2.43. The Kier molecular flexibility index (Phi) is 2.94. The van der Waals surface area contributed by atoms with E-state index in [9.17, 15) is 0 Å². The molecule has 1 aromatic heterocycles. The van der Waals surface area contributed by atoms with Crippen molar-refractivity contribution in [3.63, 3.8) is 0 Å². The van der Waals surface area contributed by atoms with Crippen LogP contribution in [0.3, 0.4) is 0 Å². The summed E-state index contributed by atoms with van der Waals surface area (Å²) in [4.78, 5) is 2.52. The summed E-state index contributed by atoms with van der Waals surface area (Å²) in [7, 11) is 0. The Morgan fingerprint density at radius 2 is 2.30 bits per heavy atom. The maximum Gasteiger partial charge on any atom is 0.138 e. The molecule has 0 unspecified atom stereocenters. The minimum absolute atomic E-state index is 0.116. The van der Waals surface area contributed by atoms with E-state index in [4.69, 9.17) is 9.37 Å². The first-order valence-corrected chi connectivity index (χ1v) is 7.11. The van der Waals surface area contributed by atoms with Crippen LogP contribution in [0.5, 0.6) is 0 Å². The lowest BCUT2D eigenvalue weighted by Crippen LogP contribution is -2.57. The molecule has 0 spiro atoms. The topological polar surface area (TPSA) is 63.4 Å². The summed E-state index contributed by atoms with van der Waals surface area (Å²) in [5.41, 5.74) is 3.96. The number of piperazine rings is 1. The molecule has 2 aliphatic rings. The van der Waals surface area contributed by atoms with E-state index in [0.717, 1.165) is 49.4 Å². The van der Waals surface area contributed by atoms with Gasteiger partial charge in [-0.2, -0.15) is 0 Å². The summed E-state index contributed by atoms with van der Waals surface area (Å²) >= 11 is 0. The van der Waals surface area contributed by atoms with Gasteiger partial charge in [0.1, 0.15) is 11.0 Å². The Labute approximate surface area is 117 Å². The molecule has 6 nitrogen and oxygen atoms in total. The van der Waals surface area contributed by atoms with Crippen molar-refractivity contribution < 1.29 is 9.37 Å². The first kappa shape index (κ1) is 12.3. The van der Waals surface area contributed by atoms with Gasteiger partial charge < -0.3 is 10.1 Å². The second-order valence-corrected chi connectivity index (χ2v) is 5.59. The van der Waals surface area contributed by atoms with Crippen LogP contribution in [0.15, 0.2) is 16.8 Å². The highest BCUT2D eigenvalue weighted by molar-refractivity contribution is 5.78.